The summed E-state index contributed by atoms with van der Waals surface area (Å²) in [6.07, 6.45) is 3.41. The Kier molecular flexibility index (Phi) is 4.49. The lowest BCUT2D eigenvalue weighted by Crippen LogP contribution is -2.54. The number of rotatable bonds is 3. The average Bonchev–Trinajstić information content (AvgIpc) is 3.03. The fourth-order valence-electron chi connectivity index (χ4n) is 3.31. The van der Waals surface area contributed by atoms with Crippen LogP contribution in [0.5, 0.6) is 0 Å². The number of barbiturate groups is 1. The number of hydrogen-bond donors (Lipinski definition) is 1. The van der Waals surface area contributed by atoms with Crippen LogP contribution in [0.3, 0.4) is 0 Å². The molecule has 4 rings (SSSR count). The Morgan fingerprint density at radius 3 is 2.61 bits per heavy atom. The van der Waals surface area contributed by atoms with E-state index in [9.17, 15) is 14.4 Å². The number of anilines is 1. The number of carbonyl (C=O) groups is 3. The number of benzene rings is 2. The van der Waals surface area contributed by atoms with Gasteiger partial charge in [-0.1, -0.05) is 35.9 Å². The molecule has 3 aromatic rings. The number of aromatic nitrogens is 1. The number of nitrogens with one attached hydrogen (secondary N) is 1. The van der Waals surface area contributed by atoms with E-state index in [-0.39, 0.29) is 5.57 Å². The van der Waals surface area contributed by atoms with Gasteiger partial charge in [-0.05, 0) is 37.3 Å². The maximum absolute atomic E-state index is 13.0. The molecule has 1 aliphatic heterocycles. The summed E-state index contributed by atoms with van der Waals surface area (Å²) >= 11 is 5.98. The molecule has 7 heteroatoms. The first-order valence-electron chi connectivity index (χ1n) is 8.74. The molecule has 2 aromatic carbocycles. The quantitative estimate of drug-likeness (QED) is 0.540. The Labute approximate surface area is 166 Å². The molecule has 6 nitrogen and oxygen atoms in total. The van der Waals surface area contributed by atoms with Crippen molar-refractivity contribution in [2.75, 3.05) is 4.90 Å². The second-order valence-electron chi connectivity index (χ2n) is 6.33. The van der Waals surface area contributed by atoms with Crippen LogP contribution in [0.1, 0.15) is 12.5 Å². The van der Waals surface area contributed by atoms with Crippen molar-refractivity contribution in [2.24, 2.45) is 0 Å². The minimum atomic E-state index is -0.801. The van der Waals surface area contributed by atoms with Crippen LogP contribution >= 0.6 is 11.6 Å². The minimum Gasteiger partial charge on any atom is -0.347 e. The summed E-state index contributed by atoms with van der Waals surface area (Å²) in [7, 11) is 0. The predicted octanol–water partition coefficient (Wildman–Crippen LogP) is 3.98. The molecule has 1 aliphatic rings. The molecule has 0 radical (unpaired) electrons. The molecule has 0 unspecified atom stereocenters. The summed E-state index contributed by atoms with van der Waals surface area (Å²) in [5, 5.41) is 3.53. The lowest BCUT2D eigenvalue weighted by molar-refractivity contribution is -0.122. The summed E-state index contributed by atoms with van der Waals surface area (Å²) < 4.78 is 2.03. The van der Waals surface area contributed by atoms with E-state index in [0.717, 1.165) is 27.9 Å². The first-order chi connectivity index (χ1) is 13.5. The highest BCUT2D eigenvalue weighted by Crippen LogP contribution is 2.27. The molecule has 0 atom stereocenters. The van der Waals surface area contributed by atoms with Crippen LogP contribution in [-0.2, 0) is 16.1 Å². The van der Waals surface area contributed by atoms with E-state index < -0.39 is 17.8 Å². The van der Waals surface area contributed by atoms with Crippen LogP contribution in [-0.4, -0.2) is 22.4 Å². The zero-order valence-electron chi connectivity index (χ0n) is 15.0. The first kappa shape index (κ1) is 18.0. The Bertz CT molecular complexity index is 1160. The number of halogens is 1. The summed E-state index contributed by atoms with van der Waals surface area (Å²) in [5.74, 6) is -1.41. The van der Waals surface area contributed by atoms with Crippen molar-refractivity contribution in [1.82, 2.24) is 9.88 Å². The number of hydrogen-bond acceptors (Lipinski definition) is 3. The summed E-state index contributed by atoms with van der Waals surface area (Å²) in [6.45, 7) is 2.76. The molecule has 1 aromatic heterocycles. The molecular formula is C21H16ClN3O3. The van der Waals surface area contributed by atoms with Crippen molar-refractivity contribution >= 4 is 52.1 Å². The molecule has 1 fully saturated rings. The Morgan fingerprint density at radius 1 is 1.07 bits per heavy atom. The van der Waals surface area contributed by atoms with Crippen molar-refractivity contribution in [3.8, 4) is 0 Å². The van der Waals surface area contributed by atoms with Crippen molar-refractivity contribution < 1.29 is 14.4 Å². The lowest BCUT2D eigenvalue weighted by atomic mass is 10.1. The number of imide groups is 2. The second kappa shape index (κ2) is 6.98. The first-order valence-corrected chi connectivity index (χ1v) is 9.12. The topological polar surface area (TPSA) is 71.4 Å². The molecule has 28 heavy (non-hydrogen) atoms. The van der Waals surface area contributed by atoms with E-state index in [0.29, 0.717) is 10.7 Å². The molecule has 4 amide bonds. The number of carbonyl (C=O) groups excluding carboxylic acids is 3. The number of para-hydroxylation sites is 1. The largest absolute Gasteiger partial charge is 0.347 e. The van der Waals surface area contributed by atoms with Gasteiger partial charge >= 0.3 is 6.03 Å². The highest BCUT2D eigenvalue weighted by molar-refractivity contribution is 6.39. The number of nitrogens with zero attached hydrogens (tertiary/aromatic N) is 2. The molecule has 0 spiro atoms. The van der Waals surface area contributed by atoms with E-state index in [1.165, 1.54) is 12.1 Å². The highest BCUT2D eigenvalue weighted by Gasteiger charge is 2.37. The van der Waals surface area contributed by atoms with E-state index in [2.05, 4.69) is 5.32 Å². The fraction of sp³-hybridized carbons (Fsp3) is 0.0952. The van der Waals surface area contributed by atoms with Crippen LogP contribution < -0.4 is 10.2 Å². The van der Waals surface area contributed by atoms with Crippen LogP contribution in [0.25, 0.3) is 17.0 Å². The molecular weight excluding hydrogens is 378 g/mol. The smallest absolute Gasteiger partial charge is 0.335 e. The number of amides is 4. The van der Waals surface area contributed by atoms with Crippen LogP contribution in [0.4, 0.5) is 10.5 Å². The molecule has 1 N–H and O–H groups in total. The van der Waals surface area contributed by atoms with E-state index in [1.54, 1.807) is 18.2 Å². The zero-order chi connectivity index (χ0) is 19.8. The second-order valence-corrected chi connectivity index (χ2v) is 6.76. The van der Waals surface area contributed by atoms with Crippen LogP contribution in [0, 0.1) is 0 Å². The van der Waals surface area contributed by atoms with Crippen molar-refractivity contribution in [3.05, 3.63) is 70.9 Å². The number of aryl methyl sites for hydroxylation is 1. The van der Waals surface area contributed by atoms with E-state index in [1.807, 2.05) is 42.0 Å². The van der Waals surface area contributed by atoms with Gasteiger partial charge in [-0.3, -0.25) is 14.9 Å². The molecule has 0 saturated carbocycles. The third kappa shape index (κ3) is 2.97. The van der Waals surface area contributed by atoms with Crippen LogP contribution in [0.2, 0.25) is 5.02 Å². The van der Waals surface area contributed by atoms with Gasteiger partial charge in [-0.2, -0.15) is 0 Å². The third-order valence-corrected chi connectivity index (χ3v) is 4.86. The number of fused-ring (bicyclic) bond motifs is 1. The third-order valence-electron chi connectivity index (χ3n) is 4.63. The molecule has 0 bridgehead atoms. The Morgan fingerprint density at radius 2 is 1.86 bits per heavy atom. The molecule has 140 valence electrons. The van der Waals surface area contributed by atoms with Gasteiger partial charge in [-0.15, -0.1) is 0 Å². The summed E-state index contributed by atoms with van der Waals surface area (Å²) in [5.41, 5.74) is 1.92. The van der Waals surface area contributed by atoms with Gasteiger partial charge in [0.1, 0.15) is 5.57 Å². The maximum Gasteiger partial charge on any atom is 0.335 e. The van der Waals surface area contributed by atoms with E-state index in [4.69, 9.17) is 11.6 Å². The Balaban J connectivity index is 1.82. The van der Waals surface area contributed by atoms with Crippen molar-refractivity contribution in [3.63, 3.8) is 0 Å². The summed E-state index contributed by atoms with van der Waals surface area (Å²) in [4.78, 5) is 38.6. The summed E-state index contributed by atoms with van der Waals surface area (Å²) in [6, 6.07) is 13.3. The van der Waals surface area contributed by atoms with Gasteiger partial charge in [0.2, 0.25) is 0 Å². The monoisotopic (exact) mass is 393 g/mol. The van der Waals surface area contributed by atoms with Gasteiger partial charge in [0.25, 0.3) is 11.8 Å². The van der Waals surface area contributed by atoms with Gasteiger partial charge in [0.05, 0.1) is 5.69 Å². The molecule has 0 aliphatic carbocycles. The number of urea groups is 1. The zero-order valence-corrected chi connectivity index (χ0v) is 15.7. The minimum absolute atomic E-state index is 0.112. The lowest BCUT2D eigenvalue weighted by Gasteiger charge is -2.26. The standard InChI is InChI=1S/C21H16ClN3O3/c1-2-24-12-13(16-8-3-4-9-18(16)24)10-17-19(26)23-21(28)25(20(17)27)15-7-5-6-14(22)11-15/h3-12H,2H2,1H3,(H,23,26,28). The SMILES string of the molecule is CCn1cc(C=C2C(=O)NC(=O)N(c3cccc(Cl)c3)C2=O)c2ccccc21. The molecule has 1 saturated heterocycles. The Hall–Kier alpha value is -3.38. The van der Waals surface area contributed by atoms with E-state index >= 15 is 0 Å². The maximum atomic E-state index is 13.0. The normalized spacial score (nSPS) is 16.1. The average molecular weight is 394 g/mol. The van der Waals surface area contributed by atoms with Crippen molar-refractivity contribution in [2.45, 2.75) is 13.5 Å². The van der Waals surface area contributed by atoms with Gasteiger partial charge in [0.15, 0.2) is 0 Å². The fourth-order valence-corrected chi connectivity index (χ4v) is 3.50. The predicted molar refractivity (Wildman–Crippen MR) is 108 cm³/mol. The van der Waals surface area contributed by atoms with Gasteiger partial charge in [-0.25, -0.2) is 9.69 Å². The highest BCUT2D eigenvalue weighted by atomic mass is 35.5. The van der Waals surface area contributed by atoms with Crippen molar-refractivity contribution in [1.29, 1.82) is 0 Å². The van der Waals surface area contributed by atoms with Crippen LogP contribution in [0.15, 0.2) is 60.3 Å². The van der Waals surface area contributed by atoms with Gasteiger partial charge in [0, 0.05) is 34.2 Å². The van der Waals surface area contributed by atoms with Gasteiger partial charge < -0.3 is 4.57 Å². The molecule has 2 heterocycles.